The van der Waals surface area contributed by atoms with Gasteiger partial charge in [0, 0.05) is 18.4 Å². The van der Waals surface area contributed by atoms with Gasteiger partial charge in [-0.3, -0.25) is 10.1 Å². The molecule has 0 saturated heterocycles. The molecule has 0 saturated carbocycles. The first-order valence-corrected chi connectivity index (χ1v) is 6.10. The fourth-order valence-corrected chi connectivity index (χ4v) is 1.86. The van der Waals surface area contributed by atoms with Gasteiger partial charge in [0.05, 0.1) is 4.92 Å². The molecular formula is C14H14N2O4. The number of para-hydroxylation sites is 1. The summed E-state index contributed by atoms with van der Waals surface area (Å²) in [4.78, 5) is 14.5. The summed E-state index contributed by atoms with van der Waals surface area (Å²) in [5.41, 5.74) is 1.11. The van der Waals surface area contributed by atoms with Crippen LogP contribution in [0.1, 0.15) is 11.1 Å². The van der Waals surface area contributed by atoms with Crippen LogP contribution in [0.3, 0.4) is 0 Å². The van der Waals surface area contributed by atoms with E-state index in [0.29, 0.717) is 17.7 Å². The molecular weight excluding hydrogens is 260 g/mol. The molecule has 2 rings (SSSR count). The normalized spacial score (nSPS) is 10.3. The van der Waals surface area contributed by atoms with Crippen molar-refractivity contribution < 1.29 is 14.8 Å². The van der Waals surface area contributed by atoms with E-state index in [4.69, 9.17) is 9.84 Å². The van der Waals surface area contributed by atoms with Gasteiger partial charge in [0.2, 0.25) is 0 Å². The smallest absolute Gasteiger partial charge is 0.334 e. The van der Waals surface area contributed by atoms with Gasteiger partial charge in [-0.05, 0) is 31.0 Å². The summed E-state index contributed by atoms with van der Waals surface area (Å²) >= 11 is 0. The molecule has 0 fully saturated rings. The lowest BCUT2D eigenvalue weighted by Crippen LogP contribution is -2.00. The summed E-state index contributed by atoms with van der Waals surface area (Å²) in [6.07, 6.45) is 1.88. The van der Waals surface area contributed by atoms with Crippen LogP contribution in [-0.2, 0) is 6.42 Å². The maximum absolute atomic E-state index is 11.1. The second-order valence-corrected chi connectivity index (χ2v) is 4.22. The summed E-state index contributed by atoms with van der Waals surface area (Å²) in [6, 6.07) is 8.63. The topological polar surface area (TPSA) is 85.5 Å². The molecule has 0 unspecified atom stereocenters. The van der Waals surface area contributed by atoms with E-state index < -0.39 is 4.92 Å². The molecule has 0 aliphatic carbocycles. The quantitative estimate of drug-likeness (QED) is 0.669. The van der Waals surface area contributed by atoms with Crippen LogP contribution in [0, 0.1) is 17.0 Å². The number of nitrogens with zero attached hydrogens (tertiary/aromatic N) is 2. The number of aliphatic hydroxyl groups excluding tert-OH is 1. The Hall–Kier alpha value is -2.47. The molecule has 20 heavy (non-hydrogen) atoms. The zero-order valence-corrected chi connectivity index (χ0v) is 10.9. The van der Waals surface area contributed by atoms with E-state index in [2.05, 4.69) is 4.98 Å². The van der Waals surface area contributed by atoms with Gasteiger partial charge in [-0.15, -0.1) is 0 Å². The maximum Gasteiger partial charge on any atom is 0.334 e. The lowest BCUT2D eigenvalue weighted by Gasteiger charge is -2.10. The van der Waals surface area contributed by atoms with E-state index in [1.165, 1.54) is 6.20 Å². The minimum absolute atomic E-state index is 0.0241. The molecule has 0 atom stereocenters. The number of benzene rings is 1. The molecule has 1 N–H and O–H groups in total. The van der Waals surface area contributed by atoms with Crippen LogP contribution in [0.2, 0.25) is 0 Å². The molecule has 0 bridgehead atoms. The first-order valence-electron chi connectivity index (χ1n) is 6.10. The van der Waals surface area contributed by atoms with Crippen molar-refractivity contribution >= 4 is 5.69 Å². The number of pyridine rings is 1. The van der Waals surface area contributed by atoms with Crippen LogP contribution < -0.4 is 4.74 Å². The van der Waals surface area contributed by atoms with Gasteiger partial charge in [-0.1, -0.05) is 18.2 Å². The van der Waals surface area contributed by atoms with E-state index >= 15 is 0 Å². The summed E-state index contributed by atoms with van der Waals surface area (Å²) in [5, 5.41) is 20.1. The number of hydrogen-bond acceptors (Lipinski definition) is 5. The molecule has 104 valence electrons. The third kappa shape index (κ3) is 2.92. The Bertz CT molecular complexity index is 628. The standard InChI is InChI=1S/C14H14N2O4/c1-10-6-8-15-14(13(10)16(18)19)20-12-5-3-2-4-11(12)7-9-17/h2-6,8,17H,7,9H2,1H3. The molecule has 1 heterocycles. The number of nitro groups is 1. The van der Waals surface area contributed by atoms with Gasteiger partial charge in [-0.2, -0.15) is 0 Å². The Labute approximate surface area is 115 Å². The number of rotatable bonds is 5. The van der Waals surface area contributed by atoms with Gasteiger partial charge >= 0.3 is 5.69 Å². The third-order valence-corrected chi connectivity index (χ3v) is 2.84. The lowest BCUT2D eigenvalue weighted by atomic mass is 10.1. The zero-order valence-electron chi connectivity index (χ0n) is 10.9. The average molecular weight is 274 g/mol. The van der Waals surface area contributed by atoms with Crippen LogP contribution in [0.25, 0.3) is 0 Å². The second-order valence-electron chi connectivity index (χ2n) is 4.22. The fraction of sp³-hybridized carbons (Fsp3) is 0.214. The second kappa shape index (κ2) is 6.12. The number of aryl methyl sites for hydroxylation is 1. The monoisotopic (exact) mass is 274 g/mol. The predicted molar refractivity (Wildman–Crippen MR) is 72.9 cm³/mol. The van der Waals surface area contributed by atoms with Crippen molar-refractivity contribution in [3.8, 4) is 11.6 Å². The molecule has 1 aromatic carbocycles. The summed E-state index contributed by atoms with van der Waals surface area (Å²) in [5.74, 6) is 0.420. The summed E-state index contributed by atoms with van der Waals surface area (Å²) in [7, 11) is 0. The molecule has 0 aliphatic heterocycles. The SMILES string of the molecule is Cc1ccnc(Oc2ccccc2CCO)c1[N+](=O)[O-]. The third-order valence-electron chi connectivity index (χ3n) is 2.84. The van der Waals surface area contributed by atoms with E-state index in [-0.39, 0.29) is 18.2 Å². The molecule has 0 aliphatic rings. The van der Waals surface area contributed by atoms with Gasteiger partial charge in [0.25, 0.3) is 5.88 Å². The Morgan fingerprint density at radius 3 is 2.80 bits per heavy atom. The average Bonchev–Trinajstić information content (AvgIpc) is 2.41. The minimum Gasteiger partial charge on any atom is -0.433 e. The van der Waals surface area contributed by atoms with Gasteiger partial charge in [-0.25, -0.2) is 4.98 Å². The number of hydrogen-bond donors (Lipinski definition) is 1. The maximum atomic E-state index is 11.1. The van der Waals surface area contributed by atoms with Crippen molar-refractivity contribution in [1.29, 1.82) is 0 Å². The highest BCUT2D eigenvalue weighted by atomic mass is 16.6. The zero-order chi connectivity index (χ0) is 14.5. The number of aromatic nitrogens is 1. The van der Waals surface area contributed by atoms with Crippen molar-refractivity contribution in [2.75, 3.05) is 6.61 Å². The Balaban J connectivity index is 2.40. The Morgan fingerprint density at radius 1 is 1.35 bits per heavy atom. The molecule has 0 radical (unpaired) electrons. The van der Waals surface area contributed by atoms with Crippen molar-refractivity contribution in [3.05, 3.63) is 57.8 Å². The van der Waals surface area contributed by atoms with E-state index in [1.807, 2.05) is 6.07 Å². The minimum atomic E-state index is -0.508. The predicted octanol–water partition coefficient (Wildman–Crippen LogP) is 2.63. The molecule has 1 aromatic heterocycles. The fourth-order valence-electron chi connectivity index (χ4n) is 1.86. The number of aliphatic hydroxyl groups is 1. The van der Waals surface area contributed by atoms with Crippen molar-refractivity contribution in [1.82, 2.24) is 4.98 Å². The largest absolute Gasteiger partial charge is 0.433 e. The van der Waals surface area contributed by atoms with E-state index in [9.17, 15) is 10.1 Å². The molecule has 6 heteroatoms. The highest BCUT2D eigenvalue weighted by Gasteiger charge is 2.21. The molecule has 6 nitrogen and oxygen atoms in total. The van der Waals surface area contributed by atoms with Crippen LogP contribution in [0.4, 0.5) is 5.69 Å². The highest BCUT2D eigenvalue weighted by molar-refractivity contribution is 5.50. The Morgan fingerprint density at radius 2 is 2.10 bits per heavy atom. The van der Waals surface area contributed by atoms with E-state index in [0.717, 1.165) is 5.56 Å². The first kappa shape index (κ1) is 14.0. The van der Waals surface area contributed by atoms with Gasteiger partial charge < -0.3 is 9.84 Å². The molecule has 0 spiro atoms. The van der Waals surface area contributed by atoms with Gasteiger partial charge in [0.15, 0.2) is 0 Å². The Kier molecular flexibility index (Phi) is 4.27. The van der Waals surface area contributed by atoms with Crippen LogP contribution in [0.5, 0.6) is 11.6 Å². The van der Waals surface area contributed by atoms with Crippen molar-refractivity contribution in [2.45, 2.75) is 13.3 Å². The van der Waals surface area contributed by atoms with Crippen molar-refractivity contribution in [3.63, 3.8) is 0 Å². The summed E-state index contributed by atoms with van der Waals surface area (Å²) in [6.45, 7) is 1.61. The van der Waals surface area contributed by atoms with Crippen LogP contribution in [0.15, 0.2) is 36.5 Å². The first-order chi connectivity index (χ1) is 9.63. The van der Waals surface area contributed by atoms with E-state index in [1.54, 1.807) is 31.2 Å². The lowest BCUT2D eigenvalue weighted by molar-refractivity contribution is -0.386. The number of ether oxygens (including phenoxy) is 1. The highest BCUT2D eigenvalue weighted by Crippen LogP contribution is 2.33. The molecule has 0 amide bonds. The molecule has 2 aromatic rings. The van der Waals surface area contributed by atoms with Gasteiger partial charge in [0.1, 0.15) is 5.75 Å². The van der Waals surface area contributed by atoms with Crippen molar-refractivity contribution in [2.24, 2.45) is 0 Å². The van der Waals surface area contributed by atoms with Crippen LogP contribution in [-0.4, -0.2) is 21.6 Å². The summed E-state index contributed by atoms with van der Waals surface area (Å²) < 4.78 is 5.57. The van der Waals surface area contributed by atoms with Crippen LogP contribution >= 0.6 is 0 Å².